The van der Waals surface area contributed by atoms with Gasteiger partial charge in [-0.1, -0.05) is 59.5 Å². The van der Waals surface area contributed by atoms with Crippen LogP contribution in [0.2, 0.25) is 0 Å². The lowest BCUT2D eigenvalue weighted by atomic mass is 10.1. The fourth-order valence-electron chi connectivity index (χ4n) is 3.49. The molecule has 3 aromatic carbocycles. The van der Waals surface area contributed by atoms with Crippen LogP contribution in [0, 0.1) is 27.7 Å². The molecule has 0 spiro atoms. The molecule has 1 aromatic heterocycles. The first-order valence-electron chi connectivity index (χ1n) is 10.1. The van der Waals surface area contributed by atoms with Crippen molar-refractivity contribution in [2.45, 2.75) is 27.7 Å². The van der Waals surface area contributed by atoms with Crippen molar-refractivity contribution in [3.8, 4) is 17.4 Å². The summed E-state index contributed by atoms with van der Waals surface area (Å²) < 4.78 is 25.7. The number of aromatic hydroxyl groups is 1. The molecule has 0 aliphatic rings. The van der Waals surface area contributed by atoms with Crippen molar-refractivity contribution in [3.63, 3.8) is 0 Å². The highest BCUT2D eigenvalue weighted by atomic mass is 31.2. The molecule has 7 nitrogen and oxygen atoms in total. The number of hydrogen-bond acceptors (Lipinski definition) is 5. The molecule has 4 rings (SSSR count). The SMILES string of the molecule is Cc1cccc(C)c1OP(=O)(N=Nc1c(O)[nH]c2ccccc12)Oc1c(C)cccc1C. The van der Waals surface area contributed by atoms with Gasteiger partial charge in [0.1, 0.15) is 11.5 Å². The topological polar surface area (TPSA) is 96.3 Å². The van der Waals surface area contributed by atoms with Crippen molar-refractivity contribution in [1.82, 2.24) is 4.98 Å². The molecule has 32 heavy (non-hydrogen) atoms. The predicted octanol–water partition coefficient (Wildman–Crippen LogP) is 7.46. The van der Waals surface area contributed by atoms with Crippen LogP contribution in [-0.4, -0.2) is 10.1 Å². The third kappa shape index (κ3) is 4.25. The van der Waals surface area contributed by atoms with Crippen LogP contribution < -0.4 is 9.05 Å². The number of para-hydroxylation sites is 3. The Morgan fingerprint density at radius 2 is 1.28 bits per heavy atom. The third-order valence-corrected chi connectivity index (χ3v) is 6.28. The molecule has 0 atom stereocenters. The number of benzene rings is 3. The molecular formula is C24H24N3O4P. The van der Waals surface area contributed by atoms with Crippen LogP contribution in [0.5, 0.6) is 17.4 Å². The number of rotatable bonds is 6. The fourth-order valence-corrected chi connectivity index (χ4v) is 4.83. The number of nitrogens with one attached hydrogen (secondary N) is 1. The summed E-state index contributed by atoms with van der Waals surface area (Å²) >= 11 is 0. The summed E-state index contributed by atoms with van der Waals surface area (Å²) in [6.07, 6.45) is 0. The number of fused-ring (bicyclic) bond motifs is 1. The molecule has 0 aliphatic carbocycles. The van der Waals surface area contributed by atoms with Gasteiger partial charge in [0.05, 0.1) is 5.52 Å². The highest BCUT2D eigenvalue weighted by molar-refractivity contribution is 7.53. The van der Waals surface area contributed by atoms with Crippen molar-refractivity contribution in [2.75, 3.05) is 0 Å². The van der Waals surface area contributed by atoms with E-state index < -0.39 is 7.75 Å². The van der Waals surface area contributed by atoms with Crippen LogP contribution in [0.25, 0.3) is 10.9 Å². The van der Waals surface area contributed by atoms with E-state index in [1.54, 1.807) is 12.1 Å². The van der Waals surface area contributed by atoms with Crippen molar-refractivity contribution in [2.24, 2.45) is 10.00 Å². The Balaban J connectivity index is 1.80. The largest absolute Gasteiger partial charge is 0.582 e. The van der Waals surface area contributed by atoms with E-state index in [2.05, 4.69) is 15.0 Å². The Morgan fingerprint density at radius 1 is 0.781 bits per heavy atom. The van der Waals surface area contributed by atoms with Crippen molar-refractivity contribution < 1.29 is 18.7 Å². The summed E-state index contributed by atoms with van der Waals surface area (Å²) in [4.78, 5) is 6.85. The maximum absolute atomic E-state index is 13.9. The number of hydrogen-bond donors (Lipinski definition) is 2. The molecule has 0 bridgehead atoms. The van der Waals surface area contributed by atoms with Gasteiger partial charge in [0, 0.05) is 5.39 Å². The number of aryl methyl sites for hydroxylation is 4. The monoisotopic (exact) mass is 449 g/mol. The maximum Gasteiger partial charge on any atom is 0.582 e. The molecule has 0 amide bonds. The molecule has 0 fully saturated rings. The second kappa shape index (κ2) is 8.52. The molecule has 0 saturated heterocycles. The first-order chi connectivity index (χ1) is 15.3. The van der Waals surface area contributed by atoms with Crippen molar-refractivity contribution in [1.29, 1.82) is 0 Å². The van der Waals surface area contributed by atoms with E-state index in [1.165, 1.54) is 0 Å². The summed E-state index contributed by atoms with van der Waals surface area (Å²) in [5, 5.41) is 15.1. The highest BCUT2D eigenvalue weighted by Crippen LogP contribution is 2.54. The predicted molar refractivity (Wildman–Crippen MR) is 125 cm³/mol. The number of aromatic amines is 1. The van der Waals surface area contributed by atoms with Crippen LogP contribution in [0.4, 0.5) is 5.69 Å². The zero-order chi connectivity index (χ0) is 22.9. The standard InChI is InChI=1S/C24H24N3O4P/c1-15-9-7-10-16(2)22(15)30-32(29,31-23-17(3)11-8-12-18(23)4)27-26-21-19-13-5-6-14-20(19)25-24(21)28/h5-14,25,28H,1-4H3. The first-order valence-corrected chi connectivity index (χ1v) is 11.6. The number of nitrogens with zero attached hydrogens (tertiary/aromatic N) is 2. The van der Waals surface area contributed by atoms with Crippen molar-refractivity contribution >= 4 is 24.3 Å². The summed E-state index contributed by atoms with van der Waals surface area (Å²) in [6.45, 7) is 7.42. The summed E-state index contributed by atoms with van der Waals surface area (Å²) in [5.74, 6) is 0.661. The Hall–Kier alpha value is -3.57. The molecule has 8 heteroatoms. The van der Waals surface area contributed by atoms with Gasteiger partial charge in [-0.25, -0.2) is 4.57 Å². The lowest BCUT2D eigenvalue weighted by Gasteiger charge is -2.19. The maximum atomic E-state index is 13.9. The van der Waals surface area contributed by atoms with Crippen molar-refractivity contribution in [3.05, 3.63) is 82.9 Å². The van der Waals surface area contributed by atoms with Crippen LogP contribution in [0.15, 0.2) is 70.7 Å². The molecule has 1 heterocycles. The van der Waals surface area contributed by atoms with Gasteiger partial charge in [0.25, 0.3) is 0 Å². The van der Waals surface area contributed by atoms with Crippen LogP contribution >= 0.6 is 7.75 Å². The van der Waals surface area contributed by atoms with Gasteiger partial charge >= 0.3 is 7.75 Å². The molecule has 4 aromatic rings. The van der Waals surface area contributed by atoms with Crippen LogP contribution in [0.1, 0.15) is 22.3 Å². The normalized spacial score (nSPS) is 11.9. The molecular weight excluding hydrogens is 425 g/mol. The summed E-state index contributed by atoms with van der Waals surface area (Å²) in [7, 11) is -4.18. The zero-order valence-electron chi connectivity index (χ0n) is 18.3. The minimum Gasteiger partial charge on any atom is -0.493 e. The zero-order valence-corrected chi connectivity index (χ0v) is 19.2. The Kier molecular flexibility index (Phi) is 5.76. The van der Waals surface area contributed by atoms with Gasteiger partial charge in [-0.3, -0.25) is 0 Å². The highest BCUT2D eigenvalue weighted by Gasteiger charge is 2.32. The van der Waals surface area contributed by atoms with E-state index in [9.17, 15) is 9.67 Å². The van der Waals surface area contributed by atoms with Gasteiger partial charge in [-0.2, -0.15) is 0 Å². The van der Waals surface area contributed by atoms with E-state index in [0.29, 0.717) is 22.4 Å². The summed E-state index contributed by atoms with van der Waals surface area (Å²) in [5.41, 5.74) is 4.01. The number of aromatic nitrogens is 1. The second-order valence-corrected chi connectivity index (χ2v) is 9.13. The van der Waals surface area contributed by atoms with Crippen LogP contribution in [0.3, 0.4) is 0 Å². The van der Waals surface area contributed by atoms with E-state index in [4.69, 9.17) is 9.05 Å². The minimum atomic E-state index is -4.18. The lowest BCUT2D eigenvalue weighted by molar-refractivity contribution is 0.380. The van der Waals surface area contributed by atoms with E-state index >= 15 is 0 Å². The summed E-state index contributed by atoms with van der Waals surface area (Å²) in [6, 6.07) is 18.4. The minimum absolute atomic E-state index is 0.163. The average molecular weight is 449 g/mol. The lowest BCUT2D eigenvalue weighted by Crippen LogP contribution is -2.03. The van der Waals surface area contributed by atoms with Gasteiger partial charge in [-0.15, -0.1) is 5.11 Å². The molecule has 0 radical (unpaired) electrons. The Labute approximate surface area is 186 Å². The van der Waals surface area contributed by atoms with E-state index in [-0.39, 0.29) is 11.6 Å². The molecule has 0 aliphatic heterocycles. The molecule has 2 N–H and O–H groups in total. The molecule has 0 saturated carbocycles. The fraction of sp³-hybridized carbons (Fsp3) is 0.167. The molecule has 164 valence electrons. The first kappa shape index (κ1) is 21.7. The van der Waals surface area contributed by atoms with E-state index in [0.717, 1.165) is 22.3 Å². The Bertz CT molecular complexity index is 1280. The second-order valence-electron chi connectivity index (χ2n) is 7.65. The smallest absolute Gasteiger partial charge is 0.493 e. The van der Waals surface area contributed by atoms with Gasteiger partial charge < -0.3 is 19.1 Å². The quantitative estimate of drug-likeness (QED) is 0.236. The number of H-pyrrole nitrogens is 1. The Morgan fingerprint density at radius 3 is 1.81 bits per heavy atom. The van der Waals surface area contributed by atoms with E-state index in [1.807, 2.05) is 76.2 Å². The average Bonchev–Trinajstić information content (AvgIpc) is 3.07. The van der Waals surface area contributed by atoms with Gasteiger partial charge in [0.2, 0.25) is 5.88 Å². The molecule has 0 unspecified atom stereocenters. The van der Waals surface area contributed by atoms with Crippen LogP contribution in [-0.2, 0) is 4.57 Å². The van der Waals surface area contributed by atoms with Gasteiger partial charge in [0.15, 0.2) is 5.69 Å². The third-order valence-electron chi connectivity index (χ3n) is 5.14. The van der Waals surface area contributed by atoms with Gasteiger partial charge in [-0.05, 0) is 56.0 Å².